The summed E-state index contributed by atoms with van der Waals surface area (Å²) in [6.45, 7) is 1.48. The van der Waals surface area contributed by atoms with E-state index in [0.717, 1.165) is 25.7 Å². The minimum Gasteiger partial charge on any atom is -0.425 e. The summed E-state index contributed by atoms with van der Waals surface area (Å²) in [5.41, 5.74) is -1.20. The smallest absolute Gasteiger partial charge is 0.346 e. The van der Waals surface area contributed by atoms with Crippen molar-refractivity contribution in [2.45, 2.75) is 50.9 Å². The van der Waals surface area contributed by atoms with Crippen LogP contribution < -0.4 is 0 Å². The zero-order chi connectivity index (χ0) is 17.6. The lowest BCUT2D eigenvalue weighted by molar-refractivity contribution is -0.203. The van der Waals surface area contributed by atoms with Crippen molar-refractivity contribution in [2.75, 3.05) is 5.33 Å². The SMILES string of the molecule is CC(OC(=O)CCBr)OC(=O)C(O)(c1ccccc1)C1CCCC1. The van der Waals surface area contributed by atoms with E-state index in [9.17, 15) is 14.7 Å². The van der Waals surface area contributed by atoms with E-state index < -0.39 is 23.8 Å². The highest BCUT2D eigenvalue weighted by Gasteiger charge is 2.48. The molecule has 0 radical (unpaired) electrons. The van der Waals surface area contributed by atoms with Gasteiger partial charge in [-0.05, 0) is 18.4 Å². The summed E-state index contributed by atoms with van der Waals surface area (Å²) < 4.78 is 10.3. The highest BCUT2D eigenvalue weighted by atomic mass is 79.9. The van der Waals surface area contributed by atoms with Gasteiger partial charge in [0.1, 0.15) is 0 Å². The average molecular weight is 399 g/mol. The van der Waals surface area contributed by atoms with E-state index in [-0.39, 0.29) is 12.3 Å². The van der Waals surface area contributed by atoms with Crippen molar-refractivity contribution in [3.05, 3.63) is 35.9 Å². The Labute approximate surface area is 150 Å². The number of rotatable bonds is 7. The van der Waals surface area contributed by atoms with Gasteiger partial charge in [0.2, 0.25) is 6.29 Å². The van der Waals surface area contributed by atoms with Crippen LogP contribution in [-0.4, -0.2) is 28.7 Å². The van der Waals surface area contributed by atoms with Gasteiger partial charge in [0.05, 0.1) is 6.42 Å². The number of halogens is 1. The molecule has 2 atom stereocenters. The molecule has 1 aromatic carbocycles. The minimum absolute atomic E-state index is 0.188. The number of hydrogen-bond acceptors (Lipinski definition) is 5. The van der Waals surface area contributed by atoms with Gasteiger partial charge in [0.15, 0.2) is 5.60 Å². The molecule has 0 spiro atoms. The molecule has 132 valence electrons. The monoisotopic (exact) mass is 398 g/mol. The highest BCUT2D eigenvalue weighted by molar-refractivity contribution is 9.09. The van der Waals surface area contributed by atoms with Crippen LogP contribution in [0.3, 0.4) is 0 Å². The van der Waals surface area contributed by atoms with Crippen LogP contribution in [0.2, 0.25) is 0 Å². The Kier molecular flexibility index (Phi) is 6.80. The van der Waals surface area contributed by atoms with Gasteiger partial charge in [-0.2, -0.15) is 0 Å². The Bertz CT molecular complexity index is 556. The summed E-state index contributed by atoms with van der Waals surface area (Å²) in [6.07, 6.45) is 2.62. The fraction of sp³-hybridized carbons (Fsp3) is 0.556. The van der Waals surface area contributed by atoms with Crippen molar-refractivity contribution in [3.63, 3.8) is 0 Å². The molecule has 0 amide bonds. The third kappa shape index (κ3) is 4.36. The van der Waals surface area contributed by atoms with E-state index in [2.05, 4.69) is 15.9 Å². The first-order chi connectivity index (χ1) is 11.5. The molecule has 2 unspecified atom stereocenters. The van der Waals surface area contributed by atoms with E-state index in [4.69, 9.17) is 9.47 Å². The molecule has 0 bridgehead atoms. The molecule has 6 heteroatoms. The Morgan fingerprint density at radius 3 is 2.46 bits per heavy atom. The van der Waals surface area contributed by atoms with Crippen molar-refractivity contribution < 1.29 is 24.2 Å². The van der Waals surface area contributed by atoms with E-state index in [1.54, 1.807) is 24.3 Å². The molecule has 1 N–H and O–H groups in total. The average Bonchev–Trinajstić information content (AvgIpc) is 3.09. The van der Waals surface area contributed by atoms with Crippen molar-refractivity contribution in [3.8, 4) is 0 Å². The molecule has 0 aliphatic heterocycles. The molecule has 5 nitrogen and oxygen atoms in total. The second kappa shape index (κ2) is 8.62. The van der Waals surface area contributed by atoms with Crippen molar-refractivity contribution in [1.29, 1.82) is 0 Å². The number of alkyl halides is 1. The van der Waals surface area contributed by atoms with E-state index >= 15 is 0 Å². The number of esters is 2. The summed E-state index contributed by atoms with van der Waals surface area (Å²) in [5, 5.41) is 11.7. The third-order valence-electron chi connectivity index (χ3n) is 4.34. The molecule has 0 aromatic heterocycles. The van der Waals surface area contributed by atoms with E-state index in [1.807, 2.05) is 6.07 Å². The Morgan fingerprint density at radius 1 is 1.25 bits per heavy atom. The largest absolute Gasteiger partial charge is 0.425 e. The molecule has 24 heavy (non-hydrogen) atoms. The zero-order valence-corrected chi connectivity index (χ0v) is 15.3. The second-order valence-corrected chi connectivity index (χ2v) is 6.81. The maximum atomic E-state index is 12.7. The fourth-order valence-electron chi connectivity index (χ4n) is 3.14. The van der Waals surface area contributed by atoms with Gasteiger partial charge < -0.3 is 14.6 Å². The fourth-order valence-corrected chi connectivity index (χ4v) is 3.47. The predicted molar refractivity (Wildman–Crippen MR) is 92.4 cm³/mol. The lowest BCUT2D eigenvalue weighted by Gasteiger charge is -2.33. The topological polar surface area (TPSA) is 72.8 Å². The molecular formula is C18H23BrO5. The number of benzene rings is 1. The van der Waals surface area contributed by atoms with Gasteiger partial charge in [-0.25, -0.2) is 4.79 Å². The maximum Gasteiger partial charge on any atom is 0.346 e. The van der Waals surface area contributed by atoms with E-state index in [0.29, 0.717) is 10.9 Å². The lowest BCUT2D eigenvalue weighted by atomic mass is 9.80. The van der Waals surface area contributed by atoms with Crippen molar-refractivity contribution in [2.24, 2.45) is 5.92 Å². The molecule has 1 aliphatic carbocycles. The van der Waals surface area contributed by atoms with Crippen LogP contribution in [0.15, 0.2) is 30.3 Å². The summed E-state index contributed by atoms with van der Waals surface area (Å²) in [7, 11) is 0. The number of carbonyl (C=O) groups excluding carboxylic acids is 2. The molecule has 1 aliphatic rings. The van der Waals surface area contributed by atoms with Gasteiger partial charge in [-0.15, -0.1) is 0 Å². The van der Waals surface area contributed by atoms with Crippen molar-refractivity contribution in [1.82, 2.24) is 0 Å². The molecule has 1 fully saturated rings. The number of ether oxygens (including phenoxy) is 2. The number of carbonyl (C=O) groups is 2. The third-order valence-corrected chi connectivity index (χ3v) is 4.74. The summed E-state index contributed by atoms with van der Waals surface area (Å²) in [4.78, 5) is 24.2. The van der Waals surface area contributed by atoms with Crippen LogP contribution in [0.4, 0.5) is 0 Å². The quantitative estimate of drug-likeness (QED) is 0.433. The van der Waals surface area contributed by atoms with Gasteiger partial charge in [0.25, 0.3) is 0 Å². The highest BCUT2D eigenvalue weighted by Crippen LogP contribution is 2.41. The van der Waals surface area contributed by atoms with Gasteiger partial charge in [-0.1, -0.05) is 59.1 Å². The lowest BCUT2D eigenvalue weighted by Crippen LogP contribution is -2.45. The Balaban J connectivity index is 2.15. The molecular weight excluding hydrogens is 376 g/mol. The van der Waals surface area contributed by atoms with Gasteiger partial charge in [-0.3, -0.25) is 4.79 Å². The molecule has 0 saturated heterocycles. The summed E-state index contributed by atoms with van der Waals surface area (Å²) in [5.74, 6) is -1.42. The van der Waals surface area contributed by atoms with E-state index in [1.165, 1.54) is 6.92 Å². The number of hydrogen-bond donors (Lipinski definition) is 1. The molecule has 2 rings (SSSR count). The number of aliphatic hydroxyl groups is 1. The second-order valence-electron chi connectivity index (χ2n) is 6.02. The zero-order valence-electron chi connectivity index (χ0n) is 13.7. The minimum atomic E-state index is -1.71. The van der Waals surface area contributed by atoms with Gasteiger partial charge in [0, 0.05) is 18.2 Å². The Hall–Kier alpha value is -1.40. The van der Waals surface area contributed by atoms with Crippen LogP contribution in [0.5, 0.6) is 0 Å². The predicted octanol–water partition coefficient (Wildman–Crippen LogP) is 3.28. The van der Waals surface area contributed by atoms with Crippen molar-refractivity contribution >= 4 is 27.9 Å². The molecule has 1 saturated carbocycles. The summed E-state index contributed by atoms with van der Waals surface area (Å²) >= 11 is 3.15. The maximum absolute atomic E-state index is 12.7. The first-order valence-electron chi connectivity index (χ1n) is 8.23. The normalized spacial score (nSPS) is 18.6. The van der Waals surface area contributed by atoms with Crippen LogP contribution in [0.1, 0.15) is 44.6 Å². The standard InChI is InChI=1S/C18H23BrO5/c1-13(23-16(20)11-12-19)24-17(21)18(22,15-9-5-6-10-15)14-7-3-2-4-8-14/h2-4,7-8,13,15,22H,5-6,9-12H2,1H3. The first kappa shape index (κ1) is 18.9. The molecule has 1 aromatic rings. The van der Waals surface area contributed by atoms with Crippen LogP contribution >= 0.6 is 15.9 Å². The summed E-state index contributed by atoms with van der Waals surface area (Å²) in [6, 6.07) is 8.83. The van der Waals surface area contributed by atoms with Gasteiger partial charge >= 0.3 is 11.9 Å². The molecule has 0 heterocycles. The Morgan fingerprint density at radius 2 is 1.88 bits per heavy atom. The van der Waals surface area contributed by atoms with Crippen LogP contribution in [0.25, 0.3) is 0 Å². The first-order valence-corrected chi connectivity index (χ1v) is 9.35. The van der Waals surface area contributed by atoms with Crippen LogP contribution in [0, 0.1) is 5.92 Å². The van der Waals surface area contributed by atoms with Crippen LogP contribution in [-0.2, 0) is 24.7 Å².